The maximum Gasteiger partial charge on any atom is 0.245 e. The summed E-state index contributed by atoms with van der Waals surface area (Å²) in [5.74, 6) is 0.770. The second-order valence-electron chi connectivity index (χ2n) is 5.10. The van der Waals surface area contributed by atoms with Crippen LogP contribution in [0.1, 0.15) is 38.4 Å². The third-order valence-corrected chi connectivity index (χ3v) is 5.79. The van der Waals surface area contributed by atoms with Crippen molar-refractivity contribution in [2.75, 3.05) is 0 Å². The number of nitrogens with one attached hydrogen (secondary N) is 1. The van der Waals surface area contributed by atoms with Gasteiger partial charge in [0.1, 0.15) is 17.3 Å². The molecule has 0 aliphatic heterocycles. The first kappa shape index (κ1) is 15.0. The number of aliphatic hydroxyl groups is 1. The Morgan fingerprint density at radius 2 is 2.26 bits per heavy atom. The summed E-state index contributed by atoms with van der Waals surface area (Å²) in [7, 11) is -3.60. The fourth-order valence-corrected chi connectivity index (χ4v) is 4.76. The van der Waals surface area contributed by atoms with Crippen LogP contribution >= 0.6 is 15.9 Å². The largest absolute Gasteiger partial charge is 0.450 e. The molecule has 1 saturated carbocycles. The molecule has 7 heteroatoms. The number of sulfonamides is 1. The minimum atomic E-state index is -3.60. The molecule has 2 rings (SSSR count). The average Bonchev–Trinajstić information content (AvgIpc) is 2.71. The molecule has 0 aromatic carbocycles. The molecule has 0 spiro atoms. The van der Waals surface area contributed by atoms with Crippen LogP contribution in [0.15, 0.2) is 20.0 Å². The van der Waals surface area contributed by atoms with Gasteiger partial charge in [-0.3, -0.25) is 0 Å². The minimum absolute atomic E-state index is 0.0203. The monoisotopic (exact) mass is 351 g/mol. The molecule has 1 aromatic heterocycles. The van der Waals surface area contributed by atoms with E-state index in [2.05, 4.69) is 27.6 Å². The van der Waals surface area contributed by atoms with E-state index in [-0.39, 0.29) is 28.0 Å². The average molecular weight is 352 g/mol. The molecule has 0 bridgehead atoms. The summed E-state index contributed by atoms with van der Waals surface area (Å²) in [6, 6.07) is 1.33. The Morgan fingerprint density at radius 1 is 1.53 bits per heavy atom. The first-order chi connectivity index (χ1) is 8.92. The summed E-state index contributed by atoms with van der Waals surface area (Å²) in [5, 5.41) is 8.97. The van der Waals surface area contributed by atoms with Crippen molar-refractivity contribution in [2.45, 2.75) is 50.2 Å². The SMILES string of the molecule is CC1CCCC(NS(=O)(=O)c2cc(CO)oc2Br)C1. The molecular formula is C12H18BrNO4S. The molecule has 1 aliphatic carbocycles. The Bertz CT molecular complexity index is 540. The molecule has 0 saturated heterocycles. The first-order valence-electron chi connectivity index (χ1n) is 6.33. The van der Waals surface area contributed by atoms with Crippen molar-refractivity contribution in [1.29, 1.82) is 0 Å². The van der Waals surface area contributed by atoms with E-state index in [1.165, 1.54) is 6.07 Å². The molecule has 2 unspecified atom stereocenters. The molecule has 2 N–H and O–H groups in total. The quantitative estimate of drug-likeness (QED) is 0.872. The molecular weight excluding hydrogens is 334 g/mol. The van der Waals surface area contributed by atoms with Gasteiger partial charge in [-0.05, 0) is 34.7 Å². The zero-order valence-corrected chi connectivity index (χ0v) is 13.1. The molecule has 0 radical (unpaired) electrons. The van der Waals surface area contributed by atoms with E-state index in [0.717, 1.165) is 25.7 Å². The molecule has 5 nitrogen and oxygen atoms in total. The van der Waals surface area contributed by atoms with E-state index in [4.69, 9.17) is 9.52 Å². The van der Waals surface area contributed by atoms with Gasteiger partial charge in [-0.15, -0.1) is 0 Å². The summed E-state index contributed by atoms with van der Waals surface area (Å²) in [6.07, 6.45) is 3.93. The van der Waals surface area contributed by atoms with Crippen molar-refractivity contribution < 1.29 is 17.9 Å². The predicted molar refractivity (Wildman–Crippen MR) is 74.1 cm³/mol. The number of rotatable bonds is 4. The lowest BCUT2D eigenvalue weighted by Gasteiger charge is -2.27. The van der Waals surface area contributed by atoms with Gasteiger partial charge in [0.15, 0.2) is 4.67 Å². The molecule has 2 atom stereocenters. The van der Waals surface area contributed by atoms with Gasteiger partial charge >= 0.3 is 0 Å². The molecule has 1 heterocycles. The maximum atomic E-state index is 12.3. The van der Waals surface area contributed by atoms with E-state index < -0.39 is 10.0 Å². The summed E-state index contributed by atoms with van der Waals surface area (Å²) < 4.78 is 32.5. The van der Waals surface area contributed by atoms with Crippen molar-refractivity contribution in [1.82, 2.24) is 4.72 Å². The molecule has 108 valence electrons. The highest BCUT2D eigenvalue weighted by molar-refractivity contribution is 9.10. The number of hydrogen-bond acceptors (Lipinski definition) is 4. The topological polar surface area (TPSA) is 79.5 Å². The van der Waals surface area contributed by atoms with E-state index in [9.17, 15) is 8.42 Å². The van der Waals surface area contributed by atoms with Gasteiger partial charge in [0.25, 0.3) is 0 Å². The van der Waals surface area contributed by atoms with Crippen LogP contribution in [0, 0.1) is 5.92 Å². The number of halogens is 1. The first-order valence-corrected chi connectivity index (χ1v) is 8.61. The van der Waals surface area contributed by atoms with Gasteiger partial charge in [-0.25, -0.2) is 13.1 Å². The fraction of sp³-hybridized carbons (Fsp3) is 0.667. The molecule has 0 amide bonds. The second-order valence-corrected chi connectivity index (χ2v) is 7.50. The highest BCUT2D eigenvalue weighted by Crippen LogP contribution is 2.29. The van der Waals surface area contributed by atoms with Crippen LogP contribution in [0.3, 0.4) is 0 Å². The second kappa shape index (κ2) is 5.95. The zero-order chi connectivity index (χ0) is 14.0. The number of hydrogen-bond donors (Lipinski definition) is 2. The summed E-state index contributed by atoms with van der Waals surface area (Å²) in [4.78, 5) is 0.0507. The van der Waals surface area contributed by atoms with Crippen molar-refractivity contribution in [3.05, 3.63) is 16.5 Å². The summed E-state index contributed by atoms with van der Waals surface area (Å²) in [5.41, 5.74) is 0. The lowest BCUT2D eigenvalue weighted by Crippen LogP contribution is -2.37. The van der Waals surface area contributed by atoms with Gasteiger partial charge in [0.05, 0.1) is 0 Å². The van der Waals surface area contributed by atoms with E-state index in [1.807, 2.05) is 0 Å². The fourth-order valence-electron chi connectivity index (χ4n) is 2.48. The van der Waals surface area contributed by atoms with Gasteiger partial charge in [-0.2, -0.15) is 0 Å². The van der Waals surface area contributed by atoms with Crippen molar-refractivity contribution in [3.8, 4) is 0 Å². The standard InChI is InChI=1S/C12H18BrNO4S/c1-8-3-2-4-9(5-8)14-19(16,17)11-6-10(7-15)18-12(11)13/h6,8-9,14-15H,2-5,7H2,1H3. The van der Waals surface area contributed by atoms with Crippen LogP contribution in [0.5, 0.6) is 0 Å². The zero-order valence-electron chi connectivity index (χ0n) is 10.7. The third kappa shape index (κ3) is 3.59. The Hall–Kier alpha value is -0.370. The molecule has 1 aliphatic rings. The highest BCUT2D eigenvalue weighted by Gasteiger charge is 2.28. The van der Waals surface area contributed by atoms with Crippen LogP contribution < -0.4 is 4.72 Å². The van der Waals surface area contributed by atoms with Crippen molar-refractivity contribution >= 4 is 26.0 Å². The van der Waals surface area contributed by atoms with Crippen molar-refractivity contribution in [3.63, 3.8) is 0 Å². The van der Waals surface area contributed by atoms with E-state index >= 15 is 0 Å². The van der Waals surface area contributed by atoms with Gasteiger partial charge in [0, 0.05) is 12.1 Å². The van der Waals surface area contributed by atoms with Crippen molar-refractivity contribution in [2.24, 2.45) is 5.92 Å². The van der Waals surface area contributed by atoms with Crippen LogP contribution in [0.2, 0.25) is 0 Å². The van der Waals surface area contributed by atoms with E-state index in [1.54, 1.807) is 0 Å². The van der Waals surface area contributed by atoms with Gasteiger partial charge in [0.2, 0.25) is 10.0 Å². The lowest BCUT2D eigenvalue weighted by atomic mass is 9.88. The van der Waals surface area contributed by atoms with Gasteiger partial charge in [-0.1, -0.05) is 19.8 Å². The molecule has 1 fully saturated rings. The van der Waals surface area contributed by atoms with Gasteiger partial charge < -0.3 is 9.52 Å². The molecule has 19 heavy (non-hydrogen) atoms. The predicted octanol–water partition coefficient (Wildman–Crippen LogP) is 2.39. The minimum Gasteiger partial charge on any atom is -0.450 e. The smallest absolute Gasteiger partial charge is 0.245 e. The highest BCUT2D eigenvalue weighted by atomic mass is 79.9. The van der Waals surface area contributed by atoms with Crippen LogP contribution in [-0.4, -0.2) is 19.6 Å². The summed E-state index contributed by atoms with van der Waals surface area (Å²) >= 11 is 3.07. The van der Waals surface area contributed by atoms with Crippen LogP contribution in [0.25, 0.3) is 0 Å². The Balaban J connectivity index is 2.15. The normalized spacial score (nSPS) is 24.6. The van der Waals surface area contributed by atoms with Crippen LogP contribution in [-0.2, 0) is 16.6 Å². The maximum absolute atomic E-state index is 12.3. The Kier molecular flexibility index (Phi) is 4.70. The Morgan fingerprint density at radius 3 is 2.84 bits per heavy atom. The van der Waals surface area contributed by atoms with E-state index in [0.29, 0.717) is 5.92 Å². The Labute approximate surface area is 121 Å². The lowest BCUT2D eigenvalue weighted by molar-refractivity contribution is 0.245. The van der Waals surface area contributed by atoms with Crippen LogP contribution in [0.4, 0.5) is 0 Å². The number of furan rings is 1. The number of aliphatic hydroxyl groups excluding tert-OH is 1. The summed E-state index contributed by atoms with van der Waals surface area (Å²) in [6.45, 7) is 1.81. The third-order valence-electron chi connectivity index (χ3n) is 3.41. The molecule has 1 aromatic rings.